The molecule has 0 spiro atoms. The highest BCUT2D eigenvalue weighted by molar-refractivity contribution is 7.94. The van der Waals surface area contributed by atoms with Crippen LogP contribution in [0.15, 0.2) is 46.5 Å². The average Bonchev–Trinajstić information content (AvgIpc) is 2.58. The number of benzene rings is 1. The molecule has 0 atom stereocenters. The van der Waals surface area contributed by atoms with Crippen LogP contribution in [0.4, 0.5) is 4.39 Å². The molecule has 0 aliphatic heterocycles. The molecule has 0 saturated heterocycles. The van der Waals surface area contributed by atoms with Gasteiger partial charge in [0.1, 0.15) is 29.3 Å². The van der Waals surface area contributed by atoms with Gasteiger partial charge in [0.25, 0.3) is 5.56 Å². The first-order valence-electron chi connectivity index (χ1n) is 6.76. The topological polar surface area (TPSA) is 75.5 Å². The van der Waals surface area contributed by atoms with Crippen LogP contribution >= 0.6 is 12.0 Å². The van der Waals surface area contributed by atoms with Crippen molar-refractivity contribution in [1.29, 1.82) is 0 Å². The van der Waals surface area contributed by atoms with Crippen molar-refractivity contribution in [3.63, 3.8) is 0 Å². The van der Waals surface area contributed by atoms with Crippen LogP contribution in [0, 0.1) is 5.82 Å². The molecule has 0 N–H and O–H groups in total. The second-order valence-corrected chi connectivity index (χ2v) is 5.35. The van der Waals surface area contributed by atoms with Crippen LogP contribution in [0.3, 0.4) is 0 Å². The molecule has 0 aliphatic rings. The van der Waals surface area contributed by atoms with Gasteiger partial charge in [-0.25, -0.2) is 19.2 Å². The molecule has 2 aromatic heterocycles. The van der Waals surface area contributed by atoms with E-state index in [1.807, 2.05) is 0 Å². The highest BCUT2D eigenvalue weighted by Crippen LogP contribution is 2.23. The lowest BCUT2D eigenvalue weighted by atomic mass is 10.3. The van der Waals surface area contributed by atoms with Gasteiger partial charge >= 0.3 is 0 Å². The number of hydrogen-bond donors (Lipinski definition) is 0. The number of aryl methyl sites for hydroxylation is 1. The Morgan fingerprint density at radius 3 is 2.88 bits per heavy atom. The maximum Gasteiger partial charge on any atom is 0.294 e. The van der Waals surface area contributed by atoms with Crippen LogP contribution in [0.25, 0.3) is 11.0 Å². The van der Waals surface area contributed by atoms with Gasteiger partial charge in [-0.3, -0.25) is 9.36 Å². The molecular weight excluding hydrogens is 337 g/mol. The lowest BCUT2D eigenvalue weighted by Crippen LogP contribution is -2.19. The van der Waals surface area contributed by atoms with E-state index >= 15 is 0 Å². The van der Waals surface area contributed by atoms with E-state index in [0.29, 0.717) is 11.0 Å². The normalized spacial score (nSPS) is 11.0. The molecule has 0 saturated carbocycles. The summed E-state index contributed by atoms with van der Waals surface area (Å²) in [5.74, 6) is -0.172. The maximum absolute atomic E-state index is 13.2. The van der Waals surface area contributed by atoms with E-state index in [0.717, 1.165) is 12.0 Å². The number of fused-ring (bicyclic) bond motifs is 1. The monoisotopic (exact) mass is 349 g/mol. The summed E-state index contributed by atoms with van der Waals surface area (Å²) in [5.41, 5.74) is -0.00198. The fourth-order valence-electron chi connectivity index (χ4n) is 2.04. The highest BCUT2D eigenvalue weighted by Gasteiger charge is 2.12. The Kier molecular flexibility index (Phi) is 4.74. The Morgan fingerprint density at radius 1 is 1.29 bits per heavy atom. The summed E-state index contributed by atoms with van der Waals surface area (Å²) in [5, 5.41) is 0.878. The minimum atomic E-state index is -0.451. The molecule has 2 heterocycles. The third-order valence-electron chi connectivity index (χ3n) is 3.09. The van der Waals surface area contributed by atoms with E-state index < -0.39 is 11.4 Å². The van der Waals surface area contributed by atoms with Gasteiger partial charge < -0.3 is 4.74 Å². The molecule has 0 bridgehead atoms. The van der Waals surface area contributed by atoms with Gasteiger partial charge in [-0.2, -0.15) is 4.33 Å². The molecule has 7 nitrogen and oxygen atoms in total. The summed E-state index contributed by atoms with van der Waals surface area (Å²) in [4.78, 5) is 25.2. The first-order chi connectivity index (χ1) is 11.6. The Balaban J connectivity index is 2.01. The standard InChI is InChI=1S/C15H12FN3O4S/c1-19-13-9(8-17-15(18-13)24-23-21-2)6-12(14(19)20)22-11-5-3-4-10(16)7-11/h3-8H,1-2H3. The average molecular weight is 349 g/mol. The fourth-order valence-corrected chi connectivity index (χ4v) is 2.38. The fraction of sp³-hybridized carbons (Fsp3) is 0.133. The zero-order chi connectivity index (χ0) is 17.1. The zero-order valence-electron chi connectivity index (χ0n) is 12.7. The van der Waals surface area contributed by atoms with Crippen molar-refractivity contribution in [3.05, 3.63) is 52.7 Å². The SMILES string of the molecule is COOSc1ncc2cc(Oc3cccc(F)c3)c(=O)n(C)c2n1. The Morgan fingerprint density at radius 2 is 2.12 bits per heavy atom. The van der Waals surface area contributed by atoms with Gasteiger partial charge in [-0.05, 0) is 18.2 Å². The summed E-state index contributed by atoms with van der Waals surface area (Å²) >= 11 is 0.826. The van der Waals surface area contributed by atoms with Gasteiger partial charge in [-0.15, -0.1) is 0 Å². The van der Waals surface area contributed by atoms with E-state index in [1.165, 1.54) is 42.1 Å². The van der Waals surface area contributed by atoms with Crippen molar-refractivity contribution >= 4 is 23.1 Å². The van der Waals surface area contributed by atoms with Crippen LogP contribution in [0.2, 0.25) is 0 Å². The van der Waals surface area contributed by atoms with Crippen LogP contribution in [0.5, 0.6) is 11.5 Å². The Bertz CT molecular complexity index is 948. The van der Waals surface area contributed by atoms with Crippen molar-refractivity contribution < 1.29 is 18.3 Å². The number of rotatable bonds is 5. The lowest BCUT2D eigenvalue weighted by molar-refractivity contribution is -0.160. The van der Waals surface area contributed by atoms with E-state index in [-0.39, 0.29) is 16.7 Å². The van der Waals surface area contributed by atoms with E-state index in [9.17, 15) is 9.18 Å². The smallest absolute Gasteiger partial charge is 0.294 e. The second-order valence-electron chi connectivity index (χ2n) is 4.68. The Labute approximate surface area is 140 Å². The minimum Gasteiger partial charge on any atom is -0.451 e. The molecule has 124 valence electrons. The molecule has 3 rings (SSSR count). The number of halogens is 1. The quantitative estimate of drug-likeness (QED) is 0.303. The maximum atomic E-state index is 13.2. The molecule has 0 amide bonds. The molecule has 0 radical (unpaired) electrons. The third kappa shape index (κ3) is 3.37. The molecule has 1 aromatic carbocycles. The van der Waals surface area contributed by atoms with Crippen molar-refractivity contribution in [2.24, 2.45) is 7.05 Å². The third-order valence-corrected chi connectivity index (χ3v) is 3.64. The molecule has 0 unspecified atom stereocenters. The van der Waals surface area contributed by atoms with E-state index in [4.69, 9.17) is 9.07 Å². The zero-order valence-corrected chi connectivity index (χ0v) is 13.5. The largest absolute Gasteiger partial charge is 0.451 e. The van der Waals surface area contributed by atoms with E-state index in [2.05, 4.69) is 14.9 Å². The first-order valence-corrected chi connectivity index (χ1v) is 7.50. The molecular formula is C15H12FN3O4S. The lowest BCUT2D eigenvalue weighted by Gasteiger charge is -2.10. The predicted octanol–water partition coefficient (Wildman–Crippen LogP) is 2.85. The molecule has 0 aliphatic carbocycles. The van der Waals surface area contributed by atoms with Crippen LogP contribution in [-0.2, 0) is 16.3 Å². The summed E-state index contributed by atoms with van der Waals surface area (Å²) in [7, 11) is 2.92. The first kappa shape index (κ1) is 16.4. The van der Waals surface area contributed by atoms with Crippen molar-refractivity contribution in [3.8, 4) is 11.5 Å². The van der Waals surface area contributed by atoms with Crippen LogP contribution in [0.1, 0.15) is 0 Å². The second kappa shape index (κ2) is 6.95. The molecule has 24 heavy (non-hydrogen) atoms. The van der Waals surface area contributed by atoms with Gasteiger partial charge in [0.2, 0.25) is 5.16 Å². The van der Waals surface area contributed by atoms with Gasteiger partial charge in [0, 0.05) is 24.7 Å². The van der Waals surface area contributed by atoms with Gasteiger partial charge in [0.05, 0.1) is 7.11 Å². The summed E-state index contributed by atoms with van der Waals surface area (Å²) in [6, 6.07) is 7.06. The summed E-state index contributed by atoms with van der Waals surface area (Å²) in [6.07, 6.45) is 1.53. The summed E-state index contributed by atoms with van der Waals surface area (Å²) < 4.78 is 24.8. The highest BCUT2D eigenvalue weighted by atomic mass is 32.2. The number of nitrogens with zero attached hydrogens (tertiary/aromatic N) is 3. The van der Waals surface area contributed by atoms with Crippen molar-refractivity contribution in [2.75, 3.05) is 7.11 Å². The molecule has 3 aromatic rings. The summed E-state index contributed by atoms with van der Waals surface area (Å²) in [6.45, 7) is 0. The van der Waals surface area contributed by atoms with Crippen molar-refractivity contribution in [2.45, 2.75) is 5.16 Å². The van der Waals surface area contributed by atoms with Gasteiger partial charge in [-0.1, -0.05) is 6.07 Å². The number of aromatic nitrogens is 3. The van der Waals surface area contributed by atoms with Crippen LogP contribution < -0.4 is 10.3 Å². The number of pyridine rings is 1. The predicted molar refractivity (Wildman–Crippen MR) is 85.2 cm³/mol. The minimum absolute atomic E-state index is 0.0488. The van der Waals surface area contributed by atoms with E-state index in [1.54, 1.807) is 13.1 Å². The number of hydrogen-bond acceptors (Lipinski definition) is 7. The van der Waals surface area contributed by atoms with Crippen molar-refractivity contribution in [1.82, 2.24) is 14.5 Å². The van der Waals surface area contributed by atoms with Gasteiger partial charge in [0.15, 0.2) is 5.75 Å². The Hall–Kier alpha value is -2.49. The van der Waals surface area contributed by atoms with Crippen LogP contribution in [-0.4, -0.2) is 21.6 Å². The molecule has 9 heteroatoms. The molecule has 0 fully saturated rings. The number of ether oxygens (including phenoxy) is 1.